The van der Waals surface area contributed by atoms with E-state index in [1.54, 1.807) is 7.05 Å². The number of alkyl halides is 3. The Hall–Kier alpha value is -1.64. The van der Waals surface area contributed by atoms with Gasteiger partial charge in [-0.05, 0) is 19.8 Å². The first-order valence-corrected chi connectivity index (χ1v) is 7.64. The molecule has 0 radical (unpaired) electrons. The Morgan fingerprint density at radius 1 is 1.36 bits per heavy atom. The zero-order chi connectivity index (χ0) is 16.5. The molecule has 122 valence electrons. The molecule has 0 atom stereocenters. The molecule has 1 saturated heterocycles. The minimum Gasteiger partial charge on any atom is -0.335 e. The SMILES string of the molecule is Cc1csc(N(C)C(=O)C2CCN(C(=O)C(F)(F)F)CC2)n1. The quantitative estimate of drug-likeness (QED) is 0.833. The van der Waals surface area contributed by atoms with Gasteiger partial charge in [0.1, 0.15) is 0 Å². The molecule has 0 aromatic carbocycles. The summed E-state index contributed by atoms with van der Waals surface area (Å²) in [6.07, 6.45) is -4.39. The van der Waals surface area contributed by atoms with E-state index < -0.39 is 12.1 Å². The molecule has 0 unspecified atom stereocenters. The van der Waals surface area contributed by atoms with Crippen molar-refractivity contribution < 1.29 is 22.8 Å². The highest BCUT2D eigenvalue weighted by atomic mass is 32.1. The second-order valence-corrected chi connectivity index (χ2v) is 6.07. The number of likely N-dealkylation sites (tertiary alicyclic amines) is 1. The van der Waals surface area contributed by atoms with Gasteiger partial charge >= 0.3 is 12.1 Å². The Morgan fingerprint density at radius 2 is 1.95 bits per heavy atom. The van der Waals surface area contributed by atoms with Gasteiger partial charge in [0, 0.05) is 31.4 Å². The van der Waals surface area contributed by atoms with Gasteiger partial charge in [0.2, 0.25) is 5.91 Å². The Labute approximate surface area is 129 Å². The minimum atomic E-state index is -4.86. The molecule has 1 fully saturated rings. The molecule has 0 spiro atoms. The van der Waals surface area contributed by atoms with Crippen LogP contribution in [0.2, 0.25) is 0 Å². The van der Waals surface area contributed by atoms with Crippen molar-refractivity contribution in [2.24, 2.45) is 5.92 Å². The van der Waals surface area contributed by atoms with Crippen LogP contribution < -0.4 is 4.90 Å². The number of hydrogen-bond donors (Lipinski definition) is 0. The number of hydrogen-bond acceptors (Lipinski definition) is 4. The molecule has 0 aliphatic carbocycles. The topological polar surface area (TPSA) is 53.5 Å². The Kier molecular flexibility index (Phi) is 4.74. The number of halogens is 3. The monoisotopic (exact) mass is 335 g/mol. The zero-order valence-electron chi connectivity index (χ0n) is 12.2. The number of anilines is 1. The summed E-state index contributed by atoms with van der Waals surface area (Å²) in [6.45, 7) is 1.71. The molecule has 0 saturated carbocycles. The number of thiazole rings is 1. The third-order valence-electron chi connectivity index (χ3n) is 3.60. The van der Waals surface area contributed by atoms with E-state index in [4.69, 9.17) is 0 Å². The fourth-order valence-corrected chi connectivity index (χ4v) is 3.15. The molecule has 1 aliphatic heterocycles. The normalized spacial score (nSPS) is 16.7. The standard InChI is InChI=1S/C13H16F3N3O2S/c1-8-7-22-12(17-8)18(2)10(20)9-3-5-19(6-4-9)11(21)13(14,15)16/h7,9H,3-6H2,1-2H3. The van der Waals surface area contributed by atoms with Crippen LogP contribution in [0.1, 0.15) is 18.5 Å². The van der Waals surface area contributed by atoms with Gasteiger partial charge < -0.3 is 4.90 Å². The Morgan fingerprint density at radius 3 is 2.41 bits per heavy atom. The van der Waals surface area contributed by atoms with E-state index in [1.165, 1.54) is 16.2 Å². The van der Waals surface area contributed by atoms with E-state index in [0.717, 1.165) is 10.6 Å². The van der Waals surface area contributed by atoms with Crippen molar-refractivity contribution in [3.05, 3.63) is 11.1 Å². The molecule has 0 N–H and O–H groups in total. The molecule has 22 heavy (non-hydrogen) atoms. The number of carbonyl (C=O) groups excluding carboxylic acids is 2. The Balaban J connectivity index is 1.94. The fourth-order valence-electron chi connectivity index (χ4n) is 2.37. The van der Waals surface area contributed by atoms with Crippen molar-refractivity contribution in [3.8, 4) is 0 Å². The van der Waals surface area contributed by atoms with Crippen LogP contribution in [0.4, 0.5) is 18.3 Å². The van der Waals surface area contributed by atoms with Crippen LogP contribution in [-0.2, 0) is 9.59 Å². The van der Waals surface area contributed by atoms with E-state index in [1.807, 2.05) is 12.3 Å². The summed E-state index contributed by atoms with van der Waals surface area (Å²) >= 11 is 1.34. The van der Waals surface area contributed by atoms with Crippen molar-refractivity contribution in [1.29, 1.82) is 0 Å². The number of nitrogens with zero attached hydrogens (tertiary/aromatic N) is 3. The van der Waals surface area contributed by atoms with Crippen LogP contribution in [0.25, 0.3) is 0 Å². The van der Waals surface area contributed by atoms with Crippen LogP contribution in [0, 0.1) is 12.8 Å². The molecular weight excluding hydrogens is 319 g/mol. The molecule has 1 aliphatic rings. The summed E-state index contributed by atoms with van der Waals surface area (Å²) < 4.78 is 37.1. The summed E-state index contributed by atoms with van der Waals surface area (Å²) in [4.78, 5) is 29.9. The predicted octanol–water partition coefficient (Wildman–Crippen LogP) is 2.22. The summed E-state index contributed by atoms with van der Waals surface area (Å²) in [6, 6.07) is 0. The smallest absolute Gasteiger partial charge is 0.335 e. The lowest BCUT2D eigenvalue weighted by molar-refractivity contribution is -0.186. The molecule has 2 rings (SSSR count). The van der Waals surface area contributed by atoms with Gasteiger partial charge in [0.05, 0.1) is 5.69 Å². The maximum Gasteiger partial charge on any atom is 0.471 e. The average Bonchev–Trinajstić information content (AvgIpc) is 2.90. The highest BCUT2D eigenvalue weighted by Gasteiger charge is 2.44. The number of aryl methyl sites for hydroxylation is 1. The van der Waals surface area contributed by atoms with Gasteiger partial charge in [-0.3, -0.25) is 14.5 Å². The first-order chi connectivity index (χ1) is 10.2. The molecule has 1 aromatic heterocycles. The number of carbonyl (C=O) groups is 2. The highest BCUT2D eigenvalue weighted by molar-refractivity contribution is 7.14. The molecular formula is C13H16F3N3O2S. The van der Waals surface area contributed by atoms with Crippen LogP contribution in [0.3, 0.4) is 0 Å². The summed E-state index contributed by atoms with van der Waals surface area (Å²) in [5.41, 5.74) is 0.810. The second-order valence-electron chi connectivity index (χ2n) is 5.23. The van der Waals surface area contributed by atoms with E-state index in [2.05, 4.69) is 4.98 Å². The van der Waals surface area contributed by atoms with Crippen molar-refractivity contribution in [3.63, 3.8) is 0 Å². The summed E-state index contributed by atoms with van der Waals surface area (Å²) in [5, 5.41) is 2.39. The molecule has 2 heterocycles. The number of amides is 2. The second kappa shape index (κ2) is 6.23. The van der Waals surface area contributed by atoms with Crippen LogP contribution in [0.5, 0.6) is 0 Å². The molecule has 1 aromatic rings. The van der Waals surface area contributed by atoms with Crippen LogP contribution in [-0.4, -0.2) is 48.0 Å². The highest BCUT2D eigenvalue weighted by Crippen LogP contribution is 2.27. The van der Waals surface area contributed by atoms with Crippen LogP contribution >= 0.6 is 11.3 Å². The number of aromatic nitrogens is 1. The van der Waals surface area contributed by atoms with Crippen molar-refractivity contribution in [2.45, 2.75) is 25.9 Å². The van der Waals surface area contributed by atoms with E-state index in [0.29, 0.717) is 5.13 Å². The van der Waals surface area contributed by atoms with E-state index >= 15 is 0 Å². The lowest BCUT2D eigenvalue weighted by Gasteiger charge is -2.33. The van der Waals surface area contributed by atoms with Gasteiger partial charge in [-0.15, -0.1) is 11.3 Å². The largest absolute Gasteiger partial charge is 0.471 e. The first-order valence-electron chi connectivity index (χ1n) is 6.76. The molecule has 0 bridgehead atoms. The summed E-state index contributed by atoms with van der Waals surface area (Å²) in [5.74, 6) is -2.39. The maximum absolute atomic E-state index is 12.4. The lowest BCUT2D eigenvalue weighted by Crippen LogP contribution is -2.47. The summed E-state index contributed by atoms with van der Waals surface area (Å²) in [7, 11) is 1.61. The zero-order valence-corrected chi connectivity index (χ0v) is 13.0. The maximum atomic E-state index is 12.4. The van der Waals surface area contributed by atoms with Gasteiger partial charge in [-0.25, -0.2) is 4.98 Å². The number of piperidine rings is 1. The van der Waals surface area contributed by atoms with Gasteiger partial charge in [0.25, 0.3) is 0 Å². The molecule has 5 nitrogen and oxygen atoms in total. The van der Waals surface area contributed by atoms with E-state index in [9.17, 15) is 22.8 Å². The predicted molar refractivity (Wildman–Crippen MR) is 75.6 cm³/mol. The van der Waals surface area contributed by atoms with E-state index in [-0.39, 0.29) is 37.8 Å². The van der Waals surface area contributed by atoms with Gasteiger partial charge in [-0.2, -0.15) is 13.2 Å². The van der Waals surface area contributed by atoms with Crippen molar-refractivity contribution in [1.82, 2.24) is 9.88 Å². The van der Waals surface area contributed by atoms with Crippen molar-refractivity contribution >= 4 is 28.3 Å². The Bertz CT molecular complexity index is 565. The van der Waals surface area contributed by atoms with Crippen LogP contribution in [0.15, 0.2) is 5.38 Å². The lowest BCUT2D eigenvalue weighted by atomic mass is 9.95. The molecule has 2 amide bonds. The third kappa shape index (κ3) is 3.57. The fraction of sp³-hybridized carbons (Fsp3) is 0.615. The van der Waals surface area contributed by atoms with Crippen molar-refractivity contribution in [2.75, 3.05) is 25.0 Å². The first kappa shape index (κ1) is 16.7. The molecule has 9 heteroatoms. The van der Waals surface area contributed by atoms with Gasteiger partial charge in [-0.1, -0.05) is 0 Å². The number of rotatable bonds is 2. The minimum absolute atomic E-state index is 0.0561. The average molecular weight is 335 g/mol. The van der Waals surface area contributed by atoms with Gasteiger partial charge in [0.15, 0.2) is 5.13 Å². The third-order valence-corrected chi connectivity index (χ3v) is 4.63.